The number of nitrogens with one attached hydrogen (secondary N) is 1. The smallest absolute Gasteiger partial charge is 0.243 e. The summed E-state index contributed by atoms with van der Waals surface area (Å²) >= 11 is 0. The molecule has 0 atom stereocenters. The predicted octanol–water partition coefficient (Wildman–Crippen LogP) is 1.07. The van der Waals surface area contributed by atoms with Gasteiger partial charge in [0, 0.05) is 32.7 Å². The van der Waals surface area contributed by atoms with E-state index in [4.69, 9.17) is 0 Å². The van der Waals surface area contributed by atoms with Crippen LogP contribution in [0.5, 0.6) is 0 Å². The molecule has 1 amide bonds. The van der Waals surface area contributed by atoms with Gasteiger partial charge in [0.1, 0.15) is 0 Å². The van der Waals surface area contributed by atoms with Gasteiger partial charge in [-0.2, -0.15) is 4.31 Å². The van der Waals surface area contributed by atoms with Gasteiger partial charge in [-0.05, 0) is 24.5 Å². The van der Waals surface area contributed by atoms with Crippen LogP contribution in [-0.2, 0) is 14.8 Å². The summed E-state index contributed by atoms with van der Waals surface area (Å²) in [6, 6.07) is 6.91. The molecule has 1 fully saturated rings. The molecule has 1 N–H and O–H groups in total. The number of amides is 1. The second-order valence-electron chi connectivity index (χ2n) is 6.59. The lowest BCUT2D eigenvalue weighted by molar-refractivity contribution is -0.132. The van der Waals surface area contributed by atoms with E-state index in [0.29, 0.717) is 25.2 Å². The number of hydrogen-bond donors (Lipinski definition) is 1. The maximum atomic E-state index is 13.0. The third-order valence-electron chi connectivity index (χ3n) is 4.06. The number of benzene rings is 1. The van der Waals surface area contributed by atoms with Gasteiger partial charge >= 0.3 is 0 Å². The van der Waals surface area contributed by atoms with Crippen molar-refractivity contribution >= 4 is 15.9 Å². The van der Waals surface area contributed by atoms with Gasteiger partial charge in [-0.1, -0.05) is 32.0 Å². The van der Waals surface area contributed by atoms with Crippen LogP contribution in [0.25, 0.3) is 0 Å². The van der Waals surface area contributed by atoms with Crippen molar-refractivity contribution in [2.24, 2.45) is 5.92 Å². The molecule has 0 spiro atoms. The highest BCUT2D eigenvalue weighted by molar-refractivity contribution is 7.89. The summed E-state index contributed by atoms with van der Waals surface area (Å²) in [5.74, 6) is 0.00826. The molecule has 0 aliphatic carbocycles. The van der Waals surface area contributed by atoms with Crippen molar-refractivity contribution in [2.45, 2.75) is 25.7 Å². The maximum Gasteiger partial charge on any atom is 0.243 e. The zero-order valence-corrected chi connectivity index (χ0v) is 15.5. The fourth-order valence-electron chi connectivity index (χ4n) is 2.80. The van der Waals surface area contributed by atoms with Crippen LogP contribution in [0.15, 0.2) is 29.2 Å². The second kappa shape index (κ2) is 8.09. The summed E-state index contributed by atoms with van der Waals surface area (Å²) < 4.78 is 27.4. The van der Waals surface area contributed by atoms with E-state index in [2.05, 4.69) is 5.32 Å². The molecule has 1 aliphatic heterocycles. The van der Waals surface area contributed by atoms with Crippen molar-refractivity contribution in [3.63, 3.8) is 0 Å². The molecule has 0 aromatic heterocycles. The highest BCUT2D eigenvalue weighted by atomic mass is 32.2. The lowest BCUT2D eigenvalue weighted by Gasteiger charge is -2.31. The van der Waals surface area contributed by atoms with Crippen molar-refractivity contribution < 1.29 is 13.2 Å². The van der Waals surface area contributed by atoms with Crippen LogP contribution in [0, 0.1) is 12.8 Å². The van der Waals surface area contributed by atoms with Crippen molar-refractivity contribution in [1.82, 2.24) is 14.5 Å². The van der Waals surface area contributed by atoms with Crippen LogP contribution in [0.4, 0.5) is 0 Å². The topological polar surface area (TPSA) is 69.7 Å². The van der Waals surface area contributed by atoms with Crippen LogP contribution in [0.1, 0.15) is 19.4 Å². The predicted molar refractivity (Wildman–Crippen MR) is 94.2 cm³/mol. The number of rotatable bonds is 6. The van der Waals surface area contributed by atoms with Crippen molar-refractivity contribution in [3.05, 3.63) is 29.8 Å². The summed E-state index contributed by atoms with van der Waals surface area (Å²) in [5, 5.41) is 3.19. The third kappa shape index (κ3) is 4.55. The van der Waals surface area contributed by atoms with Crippen LogP contribution in [0.3, 0.4) is 0 Å². The molecule has 1 saturated heterocycles. The fourth-order valence-corrected chi connectivity index (χ4v) is 4.58. The largest absolute Gasteiger partial charge is 0.339 e. The molecule has 0 saturated carbocycles. The van der Waals surface area contributed by atoms with Gasteiger partial charge in [0.2, 0.25) is 15.9 Å². The van der Waals surface area contributed by atoms with E-state index in [1.807, 2.05) is 19.9 Å². The lowest BCUT2D eigenvalue weighted by Crippen LogP contribution is -2.50. The van der Waals surface area contributed by atoms with E-state index in [1.54, 1.807) is 30.0 Å². The number of nitrogens with zero attached hydrogens (tertiary/aromatic N) is 2. The Morgan fingerprint density at radius 2 is 1.88 bits per heavy atom. The number of carbonyl (C=O) groups excluding carboxylic acids is 1. The average Bonchev–Trinajstić information content (AvgIpc) is 2.54. The highest BCUT2D eigenvalue weighted by Crippen LogP contribution is 2.20. The summed E-state index contributed by atoms with van der Waals surface area (Å²) in [4.78, 5) is 14.6. The first-order valence-corrected chi connectivity index (χ1v) is 9.80. The normalized spacial score (nSPS) is 16.0. The third-order valence-corrected chi connectivity index (χ3v) is 6.03. The fraction of sp³-hybridized carbons (Fsp3) is 0.588. The average molecular weight is 353 g/mol. The zero-order chi connectivity index (χ0) is 17.7. The van der Waals surface area contributed by atoms with Crippen molar-refractivity contribution in [1.29, 1.82) is 0 Å². The Bertz CT molecular complexity index is 667. The van der Waals surface area contributed by atoms with Crippen molar-refractivity contribution in [3.8, 4) is 0 Å². The number of aryl methyl sites for hydroxylation is 1. The Morgan fingerprint density at radius 1 is 1.25 bits per heavy atom. The Kier molecular flexibility index (Phi) is 6.37. The minimum Gasteiger partial charge on any atom is -0.339 e. The minimum absolute atomic E-state index is 0.102. The molecule has 7 heteroatoms. The van der Waals surface area contributed by atoms with Gasteiger partial charge in [0.15, 0.2) is 0 Å². The number of hydrogen-bond acceptors (Lipinski definition) is 4. The zero-order valence-electron chi connectivity index (χ0n) is 14.7. The number of carbonyl (C=O) groups is 1. The summed E-state index contributed by atoms with van der Waals surface area (Å²) in [7, 11) is -3.69. The standard InChI is InChI=1S/C17H27N3O3S/c1-14(2)12-20(13-17(21)19-10-8-18-9-11-19)24(22,23)16-7-5-4-6-15(16)3/h4-7,14,18H,8-13H2,1-3H3. The van der Waals surface area contributed by atoms with Gasteiger partial charge in [0.25, 0.3) is 0 Å². The van der Waals surface area contributed by atoms with Gasteiger partial charge < -0.3 is 10.2 Å². The van der Waals surface area contributed by atoms with Crippen LogP contribution in [-0.4, -0.2) is 62.8 Å². The van der Waals surface area contributed by atoms with E-state index in [9.17, 15) is 13.2 Å². The van der Waals surface area contributed by atoms with E-state index in [1.165, 1.54) is 4.31 Å². The van der Waals surface area contributed by atoms with E-state index in [0.717, 1.165) is 13.1 Å². The van der Waals surface area contributed by atoms with E-state index in [-0.39, 0.29) is 23.3 Å². The van der Waals surface area contributed by atoms with Gasteiger partial charge in [-0.25, -0.2) is 8.42 Å². The first kappa shape index (κ1) is 18.9. The molecule has 1 aromatic carbocycles. The van der Waals surface area contributed by atoms with Gasteiger partial charge in [-0.3, -0.25) is 4.79 Å². The molecule has 24 heavy (non-hydrogen) atoms. The van der Waals surface area contributed by atoms with Crippen LogP contribution < -0.4 is 5.32 Å². The second-order valence-corrected chi connectivity index (χ2v) is 8.49. The maximum absolute atomic E-state index is 13.0. The summed E-state index contributed by atoms with van der Waals surface area (Å²) in [6.07, 6.45) is 0. The minimum atomic E-state index is -3.69. The Labute approximate surface area is 144 Å². The first-order valence-electron chi connectivity index (χ1n) is 8.36. The molecular formula is C17H27N3O3S. The van der Waals surface area contributed by atoms with Crippen molar-refractivity contribution in [2.75, 3.05) is 39.3 Å². The number of sulfonamides is 1. The van der Waals surface area contributed by atoms with Crippen LogP contribution >= 0.6 is 0 Å². The van der Waals surface area contributed by atoms with Crippen LogP contribution in [0.2, 0.25) is 0 Å². The van der Waals surface area contributed by atoms with E-state index < -0.39 is 10.0 Å². The molecule has 6 nitrogen and oxygen atoms in total. The molecule has 1 heterocycles. The number of piperazine rings is 1. The Balaban J connectivity index is 2.24. The Hall–Kier alpha value is -1.44. The summed E-state index contributed by atoms with van der Waals surface area (Å²) in [6.45, 7) is 8.66. The molecular weight excluding hydrogens is 326 g/mol. The molecule has 0 radical (unpaired) electrons. The monoisotopic (exact) mass is 353 g/mol. The molecule has 1 aliphatic rings. The van der Waals surface area contributed by atoms with Gasteiger partial charge in [-0.15, -0.1) is 0 Å². The first-order chi connectivity index (χ1) is 11.3. The summed E-state index contributed by atoms with van der Waals surface area (Å²) in [5.41, 5.74) is 0.695. The quantitative estimate of drug-likeness (QED) is 0.831. The lowest BCUT2D eigenvalue weighted by atomic mass is 10.2. The molecule has 0 unspecified atom stereocenters. The Morgan fingerprint density at radius 3 is 2.46 bits per heavy atom. The van der Waals surface area contributed by atoms with E-state index >= 15 is 0 Å². The SMILES string of the molecule is Cc1ccccc1S(=O)(=O)N(CC(=O)N1CCNCC1)CC(C)C. The highest BCUT2D eigenvalue weighted by Gasteiger charge is 2.30. The molecule has 2 rings (SSSR count). The molecule has 134 valence electrons. The molecule has 1 aromatic rings. The van der Waals surface area contributed by atoms with Gasteiger partial charge in [0.05, 0.1) is 11.4 Å². The molecule has 0 bridgehead atoms.